The number of para-hydroxylation sites is 1. The van der Waals surface area contributed by atoms with Gasteiger partial charge in [-0.15, -0.1) is 11.3 Å². The Morgan fingerprint density at radius 2 is 1.85 bits per heavy atom. The average Bonchev–Trinajstić information content (AvgIpc) is 2.67. The molecule has 0 atom stereocenters. The molecule has 0 radical (unpaired) electrons. The van der Waals surface area contributed by atoms with E-state index in [-0.39, 0.29) is 16.5 Å². The number of anilines is 2. The number of aryl methyl sites for hydroxylation is 1. The molecule has 2 aromatic rings. The molecule has 5 nitrogen and oxygen atoms in total. The first kappa shape index (κ1) is 14.1. The van der Waals surface area contributed by atoms with E-state index in [4.69, 9.17) is 11.5 Å². The number of carbonyl (C=O) groups excluding carboxylic acids is 2. The maximum absolute atomic E-state index is 12.3. The zero-order chi connectivity index (χ0) is 14.9. The fourth-order valence-corrected chi connectivity index (χ4v) is 2.93. The topological polar surface area (TPSA) is 98.2 Å². The van der Waals surface area contributed by atoms with E-state index in [0.717, 1.165) is 22.6 Å². The summed E-state index contributed by atoms with van der Waals surface area (Å²) in [5, 5.41) is 3.08. The maximum atomic E-state index is 12.3. The number of primary amides is 1. The Hall–Kier alpha value is -2.34. The number of nitrogens with one attached hydrogen (secondary N) is 1. The van der Waals surface area contributed by atoms with Crippen molar-refractivity contribution in [1.29, 1.82) is 0 Å². The molecule has 0 aliphatic carbocycles. The molecule has 104 valence electrons. The summed E-state index contributed by atoms with van der Waals surface area (Å²) in [4.78, 5) is 24.0. The third-order valence-electron chi connectivity index (χ3n) is 3.02. The number of nitrogens with two attached hydrogens (primary N) is 2. The molecule has 5 N–H and O–H groups in total. The van der Waals surface area contributed by atoms with Crippen LogP contribution in [0.5, 0.6) is 0 Å². The summed E-state index contributed by atoms with van der Waals surface area (Å²) in [5.74, 6) is -0.910. The lowest BCUT2D eigenvalue weighted by Gasteiger charge is -2.07. The summed E-state index contributed by atoms with van der Waals surface area (Å²) in [5.41, 5.74) is 13.4. The first-order valence-corrected chi connectivity index (χ1v) is 6.79. The van der Waals surface area contributed by atoms with Crippen LogP contribution in [0.1, 0.15) is 31.2 Å². The van der Waals surface area contributed by atoms with Gasteiger partial charge in [0.1, 0.15) is 0 Å². The Balaban J connectivity index is 2.34. The summed E-state index contributed by atoms with van der Waals surface area (Å²) < 4.78 is 0. The van der Waals surface area contributed by atoms with Gasteiger partial charge in [-0.2, -0.15) is 0 Å². The molecule has 20 heavy (non-hydrogen) atoms. The van der Waals surface area contributed by atoms with Gasteiger partial charge in [-0.05, 0) is 31.0 Å². The molecule has 0 aliphatic heterocycles. The average molecular weight is 289 g/mol. The van der Waals surface area contributed by atoms with Crippen molar-refractivity contribution in [2.45, 2.75) is 13.8 Å². The molecule has 6 heteroatoms. The van der Waals surface area contributed by atoms with Gasteiger partial charge >= 0.3 is 0 Å². The Kier molecular flexibility index (Phi) is 3.76. The number of benzene rings is 1. The predicted octanol–water partition coefficient (Wildman–Crippen LogP) is 2.30. The maximum Gasteiger partial charge on any atom is 0.266 e. The van der Waals surface area contributed by atoms with E-state index in [1.54, 1.807) is 6.92 Å². The Morgan fingerprint density at radius 3 is 2.40 bits per heavy atom. The molecule has 0 saturated heterocycles. The minimum absolute atomic E-state index is 0.227. The predicted molar refractivity (Wildman–Crippen MR) is 81.1 cm³/mol. The van der Waals surface area contributed by atoms with Crippen LogP contribution < -0.4 is 16.8 Å². The molecule has 1 aromatic carbocycles. The second-order valence-corrected chi connectivity index (χ2v) is 5.48. The van der Waals surface area contributed by atoms with Crippen molar-refractivity contribution in [2.24, 2.45) is 5.73 Å². The molecule has 0 spiro atoms. The van der Waals surface area contributed by atoms with Crippen LogP contribution in [0.15, 0.2) is 24.3 Å². The first-order valence-electron chi connectivity index (χ1n) is 5.97. The van der Waals surface area contributed by atoms with Crippen molar-refractivity contribution in [3.63, 3.8) is 0 Å². The highest BCUT2D eigenvalue weighted by atomic mass is 32.1. The Bertz CT molecular complexity index is 692. The molecule has 0 aliphatic rings. The van der Waals surface area contributed by atoms with Gasteiger partial charge in [0.15, 0.2) is 0 Å². The lowest BCUT2D eigenvalue weighted by atomic mass is 10.1. The van der Waals surface area contributed by atoms with Gasteiger partial charge in [-0.1, -0.05) is 18.2 Å². The zero-order valence-corrected chi connectivity index (χ0v) is 12.0. The van der Waals surface area contributed by atoms with Gasteiger partial charge in [-0.25, -0.2) is 0 Å². The minimum Gasteiger partial charge on any atom is -0.390 e. The monoisotopic (exact) mass is 289 g/mol. The third kappa shape index (κ3) is 2.50. The number of nitrogen functional groups attached to an aromatic ring is 1. The van der Waals surface area contributed by atoms with Crippen molar-refractivity contribution in [3.8, 4) is 0 Å². The number of carbonyl (C=O) groups is 2. The van der Waals surface area contributed by atoms with E-state index in [0.29, 0.717) is 10.4 Å². The van der Waals surface area contributed by atoms with E-state index in [2.05, 4.69) is 5.32 Å². The zero-order valence-electron chi connectivity index (χ0n) is 11.2. The van der Waals surface area contributed by atoms with E-state index < -0.39 is 5.91 Å². The van der Waals surface area contributed by atoms with Gasteiger partial charge in [0.05, 0.1) is 15.4 Å². The molecule has 0 saturated carbocycles. The number of rotatable bonds is 3. The lowest BCUT2D eigenvalue weighted by molar-refractivity contribution is 0.100. The minimum atomic E-state index is -0.619. The number of hydrogen-bond acceptors (Lipinski definition) is 4. The van der Waals surface area contributed by atoms with Crippen molar-refractivity contribution < 1.29 is 9.59 Å². The Labute approximate surface area is 120 Å². The van der Waals surface area contributed by atoms with E-state index in [1.165, 1.54) is 0 Å². The van der Waals surface area contributed by atoms with Gasteiger partial charge in [0.2, 0.25) is 0 Å². The molecule has 0 unspecified atom stereocenters. The number of amides is 2. The third-order valence-corrected chi connectivity index (χ3v) is 4.14. The van der Waals surface area contributed by atoms with Crippen LogP contribution in [0.4, 0.5) is 10.7 Å². The van der Waals surface area contributed by atoms with E-state index >= 15 is 0 Å². The van der Waals surface area contributed by atoms with Crippen LogP contribution in [0.2, 0.25) is 0 Å². The van der Waals surface area contributed by atoms with E-state index in [1.807, 2.05) is 31.2 Å². The lowest BCUT2D eigenvalue weighted by Crippen LogP contribution is -2.15. The van der Waals surface area contributed by atoms with Crippen molar-refractivity contribution >= 4 is 33.8 Å². The Morgan fingerprint density at radius 1 is 1.20 bits per heavy atom. The number of hydrogen-bond donors (Lipinski definition) is 3. The molecular formula is C14H15N3O2S. The standard InChI is InChI=1S/C14H15N3O2S/c1-7-5-3-4-6-9(7)17-14(19)11-8(2)10(12(15)18)13(16)20-11/h3-6H,16H2,1-2H3,(H2,15,18)(H,17,19). The summed E-state index contributed by atoms with van der Waals surface area (Å²) in [6.07, 6.45) is 0. The van der Waals surface area contributed by atoms with Crippen LogP contribution in [0, 0.1) is 13.8 Å². The molecular weight excluding hydrogens is 274 g/mol. The summed E-state index contributed by atoms with van der Waals surface area (Å²) in [6.45, 7) is 3.57. The first-order chi connectivity index (χ1) is 9.41. The summed E-state index contributed by atoms with van der Waals surface area (Å²) in [7, 11) is 0. The SMILES string of the molecule is Cc1ccccc1NC(=O)c1sc(N)c(C(N)=O)c1C. The molecule has 1 aromatic heterocycles. The summed E-state index contributed by atoms with van der Waals surface area (Å²) in [6, 6.07) is 7.45. The van der Waals surface area contributed by atoms with Gasteiger partial charge in [0.25, 0.3) is 11.8 Å². The van der Waals surface area contributed by atoms with Gasteiger partial charge in [-0.3, -0.25) is 9.59 Å². The van der Waals surface area contributed by atoms with Crippen molar-refractivity contribution in [3.05, 3.63) is 45.8 Å². The second-order valence-electron chi connectivity index (χ2n) is 4.43. The van der Waals surface area contributed by atoms with Crippen molar-refractivity contribution in [2.75, 3.05) is 11.1 Å². The van der Waals surface area contributed by atoms with E-state index in [9.17, 15) is 9.59 Å². The van der Waals surface area contributed by atoms with Crippen LogP contribution in [0.3, 0.4) is 0 Å². The quantitative estimate of drug-likeness (QED) is 0.808. The molecule has 2 amide bonds. The fraction of sp³-hybridized carbons (Fsp3) is 0.143. The normalized spacial score (nSPS) is 10.3. The van der Waals surface area contributed by atoms with Crippen LogP contribution >= 0.6 is 11.3 Å². The summed E-state index contributed by atoms with van der Waals surface area (Å²) >= 11 is 1.07. The fourth-order valence-electron chi connectivity index (χ4n) is 1.95. The van der Waals surface area contributed by atoms with Crippen LogP contribution in [-0.4, -0.2) is 11.8 Å². The molecule has 0 bridgehead atoms. The highest BCUT2D eigenvalue weighted by Crippen LogP contribution is 2.30. The molecule has 1 heterocycles. The van der Waals surface area contributed by atoms with Crippen molar-refractivity contribution in [1.82, 2.24) is 0 Å². The van der Waals surface area contributed by atoms with Gasteiger partial charge < -0.3 is 16.8 Å². The van der Waals surface area contributed by atoms with Crippen LogP contribution in [0.25, 0.3) is 0 Å². The smallest absolute Gasteiger partial charge is 0.266 e. The van der Waals surface area contributed by atoms with Crippen LogP contribution in [-0.2, 0) is 0 Å². The van der Waals surface area contributed by atoms with Gasteiger partial charge in [0, 0.05) is 5.69 Å². The largest absolute Gasteiger partial charge is 0.390 e. The highest BCUT2D eigenvalue weighted by molar-refractivity contribution is 7.18. The molecule has 0 fully saturated rings. The number of thiophene rings is 1. The second kappa shape index (κ2) is 5.34. The highest BCUT2D eigenvalue weighted by Gasteiger charge is 2.21. The molecule has 2 rings (SSSR count).